The van der Waals surface area contributed by atoms with Crippen molar-refractivity contribution in [3.05, 3.63) is 34.9 Å². The molecular weight excluding hydrogens is 200 g/mol. The van der Waals surface area contributed by atoms with Crippen LogP contribution in [0.2, 0.25) is 0 Å². The molecule has 3 heteroatoms. The van der Waals surface area contributed by atoms with Crippen LogP contribution in [0.4, 0.5) is 0 Å². The first-order chi connectivity index (χ1) is 7.68. The van der Waals surface area contributed by atoms with Gasteiger partial charge < -0.3 is 10.6 Å². The van der Waals surface area contributed by atoms with Crippen LogP contribution in [-0.2, 0) is 0 Å². The molecule has 1 atom stereocenters. The maximum absolute atomic E-state index is 12.1. The lowest BCUT2D eigenvalue weighted by molar-refractivity contribution is 0.0939. The molecule has 2 rings (SSSR count). The van der Waals surface area contributed by atoms with Gasteiger partial charge in [0.2, 0.25) is 0 Å². The quantitative estimate of drug-likeness (QED) is 0.787. The van der Waals surface area contributed by atoms with E-state index in [4.69, 9.17) is 0 Å². The van der Waals surface area contributed by atoms with Gasteiger partial charge in [-0.25, -0.2) is 0 Å². The lowest BCUT2D eigenvalue weighted by Crippen LogP contribution is -2.36. The zero-order chi connectivity index (χ0) is 11.5. The molecular formula is C13H18N2O. The summed E-state index contributed by atoms with van der Waals surface area (Å²) in [7, 11) is 0. The number of hydrogen-bond donors (Lipinski definition) is 2. The molecule has 3 nitrogen and oxygen atoms in total. The van der Waals surface area contributed by atoms with E-state index in [-0.39, 0.29) is 11.9 Å². The van der Waals surface area contributed by atoms with Crippen molar-refractivity contribution in [2.24, 2.45) is 0 Å². The van der Waals surface area contributed by atoms with E-state index in [0.29, 0.717) is 0 Å². The average Bonchev–Trinajstić information content (AvgIpc) is 2.70. The van der Waals surface area contributed by atoms with Gasteiger partial charge in [0.05, 0.1) is 0 Å². The van der Waals surface area contributed by atoms with Crippen LogP contribution < -0.4 is 10.6 Å². The van der Waals surface area contributed by atoms with Crippen LogP contribution in [-0.4, -0.2) is 25.0 Å². The second-order valence-electron chi connectivity index (χ2n) is 4.43. The summed E-state index contributed by atoms with van der Waals surface area (Å²) in [4.78, 5) is 12.1. The predicted octanol–water partition coefficient (Wildman–Crippen LogP) is 1.40. The van der Waals surface area contributed by atoms with Crippen molar-refractivity contribution in [1.29, 1.82) is 0 Å². The Morgan fingerprint density at radius 1 is 1.38 bits per heavy atom. The van der Waals surface area contributed by atoms with Crippen molar-refractivity contribution in [2.75, 3.05) is 13.1 Å². The Bertz CT molecular complexity index is 375. The Morgan fingerprint density at radius 2 is 2.06 bits per heavy atom. The molecule has 1 heterocycles. The molecule has 16 heavy (non-hydrogen) atoms. The Labute approximate surface area is 96.2 Å². The number of benzene rings is 1. The molecule has 86 valence electrons. The lowest BCUT2D eigenvalue weighted by atomic mass is 10.0. The van der Waals surface area contributed by atoms with E-state index in [1.165, 1.54) is 0 Å². The molecule has 0 aromatic heterocycles. The Kier molecular flexibility index (Phi) is 3.25. The number of amides is 1. The first-order valence-electron chi connectivity index (χ1n) is 5.76. The first kappa shape index (κ1) is 11.1. The third-order valence-corrected chi connectivity index (χ3v) is 3.10. The van der Waals surface area contributed by atoms with E-state index in [1.54, 1.807) is 0 Å². The van der Waals surface area contributed by atoms with Gasteiger partial charge in [-0.1, -0.05) is 18.2 Å². The monoisotopic (exact) mass is 218 g/mol. The van der Waals surface area contributed by atoms with E-state index in [1.807, 2.05) is 32.0 Å². The van der Waals surface area contributed by atoms with Gasteiger partial charge in [-0.05, 0) is 37.9 Å². The van der Waals surface area contributed by atoms with Crippen molar-refractivity contribution < 1.29 is 4.79 Å². The minimum Gasteiger partial charge on any atom is -0.348 e. The van der Waals surface area contributed by atoms with E-state index in [2.05, 4.69) is 10.6 Å². The van der Waals surface area contributed by atoms with Crippen molar-refractivity contribution in [3.8, 4) is 0 Å². The lowest BCUT2D eigenvalue weighted by Gasteiger charge is -2.14. The smallest absolute Gasteiger partial charge is 0.252 e. The maximum atomic E-state index is 12.1. The summed E-state index contributed by atoms with van der Waals surface area (Å²) >= 11 is 0. The maximum Gasteiger partial charge on any atom is 0.252 e. The summed E-state index contributed by atoms with van der Waals surface area (Å²) < 4.78 is 0. The van der Waals surface area contributed by atoms with Crippen LogP contribution >= 0.6 is 0 Å². The Morgan fingerprint density at radius 3 is 2.62 bits per heavy atom. The number of carbonyl (C=O) groups is 1. The third kappa shape index (κ3) is 2.25. The third-order valence-electron chi connectivity index (χ3n) is 3.10. The van der Waals surface area contributed by atoms with Crippen LogP contribution in [0.15, 0.2) is 18.2 Å². The van der Waals surface area contributed by atoms with Crippen molar-refractivity contribution in [2.45, 2.75) is 26.3 Å². The highest BCUT2D eigenvalue weighted by Gasteiger charge is 2.19. The Hall–Kier alpha value is -1.35. The number of aryl methyl sites for hydroxylation is 2. The molecule has 1 saturated heterocycles. The summed E-state index contributed by atoms with van der Waals surface area (Å²) in [6.45, 7) is 5.85. The van der Waals surface area contributed by atoms with Gasteiger partial charge in [0.15, 0.2) is 0 Å². The van der Waals surface area contributed by atoms with Gasteiger partial charge in [0.25, 0.3) is 5.91 Å². The van der Waals surface area contributed by atoms with Crippen LogP contribution in [0, 0.1) is 13.8 Å². The molecule has 1 aliphatic rings. The van der Waals surface area contributed by atoms with Gasteiger partial charge in [-0.3, -0.25) is 4.79 Å². The van der Waals surface area contributed by atoms with Crippen molar-refractivity contribution in [3.63, 3.8) is 0 Å². The zero-order valence-corrected chi connectivity index (χ0v) is 9.84. The van der Waals surface area contributed by atoms with E-state index < -0.39 is 0 Å². The standard InChI is InChI=1S/C13H18N2O/c1-9-4-3-5-10(2)12(9)13(16)15-11-6-7-14-8-11/h3-5,11,14H,6-8H2,1-2H3,(H,15,16). The molecule has 0 spiro atoms. The fraction of sp³-hybridized carbons (Fsp3) is 0.462. The summed E-state index contributed by atoms with van der Waals surface area (Å²) in [5.41, 5.74) is 2.92. The molecule has 0 bridgehead atoms. The number of hydrogen-bond acceptors (Lipinski definition) is 2. The van der Waals surface area contributed by atoms with Gasteiger partial charge in [-0.15, -0.1) is 0 Å². The first-order valence-corrected chi connectivity index (χ1v) is 5.76. The molecule has 0 radical (unpaired) electrons. The minimum absolute atomic E-state index is 0.0595. The summed E-state index contributed by atoms with van der Waals surface area (Å²) in [6, 6.07) is 6.23. The summed E-state index contributed by atoms with van der Waals surface area (Å²) in [5.74, 6) is 0.0595. The zero-order valence-electron chi connectivity index (χ0n) is 9.84. The fourth-order valence-corrected chi connectivity index (χ4v) is 2.21. The molecule has 0 aliphatic carbocycles. The van der Waals surface area contributed by atoms with Gasteiger partial charge in [0.1, 0.15) is 0 Å². The molecule has 1 aromatic rings. The van der Waals surface area contributed by atoms with Crippen molar-refractivity contribution in [1.82, 2.24) is 10.6 Å². The second kappa shape index (κ2) is 4.66. The molecule has 1 amide bonds. The highest BCUT2D eigenvalue weighted by molar-refractivity contribution is 5.97. The predicted molar refractivity (Wildman–Crippen MR) is 64.7 cm³/mol. The molecule has 1 unspecified atom stereocenters. The number of rotatable bonds is 2. The van der Waals surface area contributed by atoms with Crippen molar-refractivity contribution >= 4 is 5.91 Å². The second-order valence-corrected chi connectivity index (χ2v) is 4.43. The normalized spacial score (nSPS) is 19.8. The largest absolute Gasteiger partial charge is 0.348 e. The molecule has 1 fully saturated rings. The SMILES string of the molecule is Cc1cccc(C)c1C(=O)NC1CCNC1. The van der Waals surface area contributed by atoms with E-state index in [0.717, 1.165) is 36.2 Å². The highest BCUT2D eigenvalue weighted by Crippen LogP contribution is 2.13. The van der Waals surface area contributed by atoms with Gasteiger partial charge in [-0.2, -0.15) is 0 Å². The van der Waals surface area contributed by atoms with Crippen LogP contribution in [0.25, 0.3) is 0 Å². The topological polar surface area (TPSA) is 41.1 Å². The van der Waals surface area contributed by atoms with E-state index >= 15 is 0 Å². The van der Waals surface area contributed by atoms with Gasteiger partial charge >= 0.3 is 0 Å². The van der Waals surface area contributed by atoms with Crippen LogP contribution in [0.5, 0.6) is 0 Å². The fourth-order valence-electron chi connectivity index (χ4n) is 2.21. The number of nitrogens with one attached hydrogen (secondary N) is 2. The molecule has 1 aromatic carbocycles. The van der Waals surface area contributed by atoms with Crippen LogP contribution in [0.1, 0.15) is 27.9 Å². The summed E-state index contributed by atoms with van der Waals surface area (Å²) in [6.07, 6.45) is 1.02. The van der Waals surface area contributed by atoms with Crippen LogP contribution in [0.3, 0.4) is 0 Å². The summed E-state index contributed by atoms with van der Waals surface area (Å²) in [5, 5.41) is 6.32. The van der Waals surface area contributed by atoms with E-state index in [9.17, 15) is 4.79 Å². The minimum atomic E-state index is 0.0595. The number of carbonyl (C=O) groups excluding carboxylic acids is 1. The molecule has 1 aliphatic heterocycles. The van der Waals surface area contributed by atoms with Gasteiger partial charge in [0, 0.05) is 18.2 Å². The molecule has 2 N–H and O–H groups in total. The molecule has 0 saturated carbocycles. The average molecular weight is 218 g/mol. The highest BCUT2D eigenvalue weighted by atomic mass is 16.1. The Balaban J connectivity index is 2.13.